The molecule has 0 radical (unpaired) electrons. The van der Waals surface area contributed by atoms with Crippen molar-refractivity contribution in [3.8, 4) is 0 Å². The third kappa shape index (κ3) is 2.88. The lowest BCUT2D eigenvalue weighted by Crippen LogP contribution is -2.24. The highest BCUT2D eigenvalue weighted by atomic mass is 35.5. The van der Waals surface area contributed by atoms with Gasteiger partial charge in [-0.2, -0.15) is 0 Å². The molecule has 4 heteroatoms. The smallest absolute Gasteiger partial charge is 0.124 e. The first-order chi connectivity index (χ1) is 10.1. The van der Waals surface area contributed by atoms with Gasteiger partial charge >= 0.3 is 0 Å². The number of nitrogens with one attached hydrogen (secondary N) is 1. The van der Waals surface area contributed by atoms with Gasteiger partial charge in [0.05, 0.1) is 0 Å². The Morgan fingerprint density at radius 2 is 1.95 bits per heavy atom. The molecule has 3 N–H and O–H groups in total. The average molecular weight is 300 g/mol. The third-order valence-corrected chi connectivity index (χ3v) is 4.28. The molecule has 1 aliphatic rings. The van der Waals surface area contributed by atoms with E-state index >= 15 is 0 Å². The Balaban J connectivity index is 1.85. The van der Waals surface area contributed by atoms with Crippen LogP contribution in [0.4, 0.5) is 5.69 Å². The van der Waals surface area contributed by atoms with Crippen LogP contribution in [0.5, 0.6) is 0 Å². The van der Waals surface area contributed by atoms with E-state index in [4.69, 9.17) is 22.7 Å². The van der Waals surface area contributed by atoms with E-state index in [-0.39, 0.29) is 5.84 Å². The number of hydrogen-bond donors (Lipinski definition) is 2. The van der Waals surface area contributed by atoms with Crippen molar-refractivity contribution >= 4 is 23.1 Å². The van der Waals surface area contributed by atoms with Crippen LogP contribution in [0.3, 0.4) is 0 Å². The monoisotopic (exact) mass is 299 g/mol. The van der Waals surface area contributed by atoms with Crippen molar-refractivity contribution in [1.82, 2.24) is 0 Å². The Kier molecular flexibility index (Phi) is 3.84. The summed E-state index contributed by atoms with van der Waals surface area (Å²) in [6, 6.07) is 16.2. The molecular weight excluding hydrogens is 282 g/mol. The van der Waals surface area contributed by atoms with Crippen molar-refractivity contribution in [2.75, 3.05) is 18.0 Å². The van der Waals surface area contributed by atoms with E-state index in [1.54, 1.807) is 6.07 Å². The minimum Gasteiger partial charge on any atom is -0.384 e. The van der Waals surface area contributed by atoms with E-state index < -0.39 is 0 Å². The van der Waals surface area contributed by atoms with E-state index in [2.05, 4.69) is 29.2 Å². The average Bonchev–Trinajstić information content (AvgIpc) is 2.97. The van der Waals surface area contributed by atoms with E-state index in [0.717, 1.165) is 30.8 Å². The zero-order valence-electron chi connectivity index (χ0n) is 11.7. The van der Waals surface area contributed by atoms with Crippen molar-refractivity contribution in [3.63, 3.8) is 0 Å². The molecule has 0 spiro atoms. The molecule has 1 heterocycles. The van der Waals surface area contributed by atoms with E-state index in [1.165, 1.54) is 5.56 Å². The van der Waals surface area contributed by atoms with Gasteiger partial charge in [0.15, 0.2) is 0 Å². The maximum absolute atomic E-state index is 7.74. The number of amidine groups is 1. The zero-order valence-corrected chi connectivity index (χ0v) is 12.5. The Labute approximate surface area is 129 Å². The molecule has 0 bridgehead atoms. The summed E-state index contributed by atoms with van der Waals surface area (Å²) < 4.78 is 0. The van der Waals surface area contributed by atoms with Crippen molar-refractivity contribution < 1.29 is 0 Å². The molecule has 0 amide bonds. The fourth-order valence-electron chi connectivity index (χ4n) is 2.98. The van der Waals surface area contributed by atoms with Crippen LogP contribution in [0.2, 0.25) is 5.02 Å². The van der Waals surface area contributed by atoms with Crippen LogP contribution in [-0.2, 0) is 0 Å². The van der Waals surface area contributed by atoms with Crippen molar-refractivity contribution in [1.29, 1.82) is 5.41 Å². The van der Waals surface area contributed by atoms with Crippen LogP contribution >= 0.6 is 11.6 Å². The first-order valence-corrected chi connectivity index (χ1v) is 7.47. The zero-order chi connectivity index (χ0) is 14.8. The van der Waals surface area contributed by atoms with Gasteiger partial charge in [0.25, 0.3) is 0 Å². The van der Waals surface area contributed by atoms with Crippen molar-refractivity contribution in [2.24, 2.45) is 5.73 Å². The van der Waals surface area contributed by atoms with Gasteiger partial charge in [0.2, 0.25) is 0 Å². The highest BCUT2D eigenvalue weighted by molar-refractivity contribution is 6.31. The highest BCUT2D eigenvalue weighted by Gasteiger charge is 2.25. The van der Waals surface area contributed by atoms with Crippen LogP contribution in [0.1, 0.15) is 23.5 Å². The highest BCUT2D eigenvalue weighted by Crippen LogP contribution is 2.33. The molecule has 1 atom stereocenters. The first kappa shape index (κ1) is 14.0. The van der Waals surface area contributed by atoms with Crippen LogP contribution < -0.4 is 10.6 Å². The maximum Gasteiger partial charge on any atom is 0.124 e. The van der Waals surface area contributed by atoms with E-state index in [0.29, 0.717) is 10.9 Å². The number of nitrogens with two attached hydrogens (primary N) is 1. The van der Waals surface area contributed by atoms with Crippen LogP contribution in [0.25, 0.3) is 0 Å². The third-order valence-electron chi connectivity index (χ3n) is 4.05. The van der Waals surface area contributed by atoms with Crippen molar-refractivity contribution in [3.05, 3.63) is 64.7 Å². The minimum atomic E-state index is 0.0654. The normalized spacial score (nSPS) is 18.0. The molecule has 1 fully saturated rings. The summed E-state index contributed by atoms with van der Waals surface area (Å²) in [4.78, 5) is 2.30. The summed E-state index contributed by atoms with van der Waals surface area (Å²) in [6.45, 7) is 1.92. The number of benzene rings is 2. The van der Waals surface area contributed by atoms with Gasteiger partial charge in [-0.15, -0.1) is 0 Å². The lowest BCUT2D eigenvalue weighted by atomic mass is 9.99. The maximum atomic E-state index is 7.74. The predicted octanol–water partition coefficient (Wildman–Crippen LogP) is 3.62. The number of halogens is 1. The summed E-state index contributed by atoms with van der Waals surface area (Å²) in [5.74, 6) is 0.595. The molecular formula is C17H18ClN3. The first-order valence-electron chi connectivity index (χ1n) is 7.09. The second-order valence-corrected chi connectivity index (χ2v) is 5.85. The van der Waals surface area contributed by atoms with Gasteiger partial charge in [-0.05, 0) is 30.2 Å². The van der Waals surface area contributed by atoms with Gasteiger partial charge in [-0.1, -0.05) is 41.9 Å². The van der Waals surface area contributed by atoms with Gasteiger partial charge in [-0.25, -0.2) is 0 Å². The second kappa shape index (κ2) is 5.78. The second-order valence-electron chi connectivity index (χ2n) is 5.42. The molecule has 3 rings (SSSR count). The Hall–Kier alpha value is -2.00. The molecule has 2 aromatic carbocycles. The lowest BCUT2D eigenvalue weighted by molar-refractivity contribution is 0.775. The summed E-state index contributed by atoms with van der Waals surface area (Å²) in [5, 5.41) is 8.36. The molecule has 0 aliphatic carbocycles. The fourth-order valence-corrected chi connectivity index (χ4v) is 3.15. The lowest BCUT2D eigenvalue weighted by Gasteiger charge is -2.22. The number of nitrogen functional groups attached to an aromatic ring is 1. The molecule has 21 heavy (non-hydrogen) atoms. The van der Waals surface area contributed by atoms with Gasteiger partial charge < -0.3 is 10.6 Å². The largest absolute Gasteiger partial charge is 0.384 e. The van der Waals surface area contributed by atoms with Gasteiger partial charge in [-0.3, -0.25) is 5.41 Å². The van der Waals surface area contributed by atoms with Crippen molar-refractivity contribution in [2.45, 2.75) is 12.3 Å². The number of anilines is 1. The molecule has 3 nitrogen and oxygen atoms in total. The number of rotatable bonds is 3. The molecule has 0 saturated carbocycles. The van der Waals surface area contributed by atoms with Crippen LogP contribution in [0.15, 0.2) is 48.5 Å². The predicted molar refractivity (Wildman–Crippen MR) is 88.5 cm³/mol. The molecule has 1 aliphatic heterocycles. The van der Waals surface area contributed by atoms with E-state index in [1.807, 2.05) is 18.2 Å². The number of nitrogens with zero attached hydrogens (tertiary/aromatic N) is 1. The summed E-state index contributed by atoms with van der Waals surface area (Å²) >= 11 is 6.02. The molecule has 108 valence electrons. The Bertz CT molecular complexity index is 654. The summed E-state index contributed by atoms with van der Waals surface area (Å²) in [6.07, 6.45) is 1.12. The number of hydrogen-bond acceptors (Lipinski definition) is 2. The molecule has 0 aromatic heterocycles. The topological polar surface area (TPSA) is 53.1 Å². The summed E-state index contributed by atoms with van der Waals surface area (Å²) in [5.41, 5.74) is 8.79. The standard InChI is InChI=1S/C17H18ClN3/c18-14-6-7-16(15(10-14)17(19)20)21-9-8-13(11-21)12-4-2-1-3-5-12/h1-7,10,13H,8-9,11H2,(H3,19,20). The molecule has 2 aromatic rings. The minimum absolute atomic E-state index is 0.0654. The van der Waals surface area contributed by atoms with E-state index in [9.17, 15) is 0 Å². The quantitative estimate of drug-likeness (QED) is 0.672. The molecule has 1 unspecified atom stereocenters. The fraction of sp³-hybridized carbons (Fsp3) is 0.235. The molecule has 1 saturated heterocycles. The van der Waals surface area contributed by atoms with Crippen LogP contribution in [0, 0.1) is 5.41 Å². The Morgan fingerprint density at radius 3 is 2.67 bits per heavy atom. The van der Waals surface area contributed by atoms with Crippen LogP contribution in [-0.4, -0.2) is 18.9 Å². The summed E-state index contributed by atoms with van der Waals surface area (Å²) in [7, 11) is 0. The Morgan fingerprint density at radius 1 is 1.19 bits per heavy atom. The SMILES string of the molecule is N=C(N)c1cc(Cl)ccc1N1CCC(c2ccccc2)C1. The van der Waals surface area contributed by atoms with Gasteiger partial charge in [0.1, 0.15) is 5.84 Å². The van der Waals surface area contributed by atoms with Gasteiger partial charge in [0, 0.05) is 35.3 Å².